The minimum Gasteiger partial charge on any atom is -0.358 e. The second-order valence-corrected chi connectivity index (χ2v) is 5.65. The van der Waals surface area contributed by atoms with E-state index in [-0.39, 0.29) is 10.7 Å². The highest BCUT2D eigenvalue weighted by atomic mass is 16.6. The molecule has 3 aromatic heterocycles. The van der Waals surface area contributed by atoms with E-state index in [0.717, 1.165) is 25.9 Å². The van der Waals surface area contributed by atoms with Gasteiger partial charge in [0.15, 0.2) is 0 Å². The van der Waals surface area contributed by atoms with Gasteiger partial charge in [0.2, 0.25) is 11.5 Å². The average molecular weight is 312 g/mol. The lowest BCUT2D eigenvalue weighted by atomic mass is 10.1. The van der Waals surface area contributed by atoms with E-state index < -0.39 is 0 Å². The normalized spacial score (nSPS) is 16.1. The van der Waals surface area contributed by atoms with Crippen LogP contribution in [0, 0.1) is 10.1 Å². The molecule has 3 aromatic rings. The molecule has 4 heterocycles. The summed E-state index contributed by atoms with van der Waals surface area (Å²) in [6.45, 7) is 1.46. The molecule has 4 rings (SSSR count). The maximum atomic E-state index is 11.5. The summed E-state index contributed by atoms with van der Waals surface area (Å²) >= 11 is 0. The topological polar surface area (TPSA) is 81.5 Å². The zero-order chi connectivity index (χ0) is 15.8. The minimum atomic E-state index is -0.352. The fourth-order valence-corrected chi connectivity index (χ4v) is 3.19. The zero-order valence-corrected chi connectivity index (χ0v) is 12.4. The monoisotopic (exact) mass is 312 g/mol. The number of nitrogens with zero attached hydrogens (tertiary/aromatic N) is 6. The van der Waals surface area contributed by atoms with Crippen LogP contribution in [0.4, 0.5) is 11.6 Å². The maximum Gasteiger partial charge on any atom is 0.372 e. The van der Waals surface area contributed by atoms with E-state index in [1.165, 1.54) is 4.40 Å². The highest BCUT2D eigenvalue weighted by Gasteiger charge is 2.30. The number of aromatic nitrogens is 4. The van der Waals surface area contributed by atoms with E-state index in [2.05, 4.69) is 10.1 Å². The molecule has 118 valence electrons. The Balaban J connectivity index is 1.63. The van der Waals surface area contributed by atoms with Crippen molar-refractivity contribution in [3.05, 3.63) is 53.0 Å². The number of piperidine rings is 1. The molecule has 1 aliphatic rings. The predicted molar refractivity (Wildman–Crippen MR) is 84.6 cm³/mol. The van der Waals surface area contributed by atoms with Crippen LogP contribution in [-0.2, 0) is 0 Å². The van der Waals surface area contributed by atoms with Crippen molar-refractivity contribution in [1.29, 1.82) is 0 Å². The Morgan fingerprint density at radius 2 is 2.00 bits per heavy atom. The highest BCUT2D eigenvalue weighted by Crippen LogP contribution is 2.32. The highest BCUT2D eigenvalue weighted by molar-refractivity contribution is 5.63. The van der Waals surface area contributed by atoms with Gasteiger partial charge < -0.3 is 15.0 Å². The van der Waals surface area contributed by atoms with Gasteiger partial charge in [-0.3, -0.25) is 4.68 Å². The number of fused-ring (bicyclic) bond motifs is 1. The van der Waals surface area contributed by atoms with Crippen molar-refractivity contribution in [1.82, 2.24) is 19.2 Å². The van der Waals surface area contributed by atoms with Crippen LogP contribution in [0.5, 0.6) is 0 Å². The Labute approximate surface area is 132 Å². The summed E-state index contributed by atoms with van der Waals surface area (Å²) in [5, 5.41) is 15.8. The van der Waals surface area contributed by atoms with Gasteiger partial charge in [-0.15, -0.1) is 0 Å². The van der Waals surface area contributed by atoms with Crippen molar-refractivity contribution in [2.45, 2.75) is 18.9 Å². The first-order chi connectivity index (χ1) is 11.2. The van der Waals surface area contributed by atoms with Gasteiger partial charge in [-0.2, -0.15) is 14.5 Å². The summed E-state index contributed by atoms with van der Waals surface area (Å²) in [4.78, 5) is 17.6. The molecule has 0 radical (unpaired) electrons. The van der Waals surface area contributed by atoms with Crippen LogP contribution < -0.4 is 4.90 Å². The van der Waals surface area contributed by atoms with Gasteiger partial charge in [-0.05, 0) is 29.9 Å². The molecule has 0 aromatic carbocycles. The van der Waals surface area contributed by atoms with Gasteiger partial charge in [0.25, 0.3) is 0 Å². The van der Waals surface area contributed by atoms with Gasteiger partial charge in [-0.25, -0.2) is 0 Å². The zero-order valence-electron chi connectivity index (χ0n) is 12.4. The summed E-state index contributed by atoms with van der Waals surface area (Å²) in [7, 11) is 0. The quantitative estimate of drug-likeness (QED) is 0.547. The van der Waals surface area contributed by atoms with Gasteiger partial charge in [0, 0.05) is 31.5 Å². The molecule has 0 bridgehead atoms. The second-order valence-electron chi connectivity index (χ2n) is 5.65. The number of nitro groups is 1. The largest absolute Gasteiger partial charge is 0.372 e. The average Bonchev–Trinajstić information content (AvgIpc) is 3.22. The minimum absolute atomic E-state index is 0.0399. The lowest BCUT2D eigenvalue weighted by Gasteiger charge is -2.31. The summed E-state index contributed by atoms with van der Waals surface area (Å²) in [6, 6.07) is 7.65. The fourth-order valence-electron chi connectivity index (χ4n) is 3.19. The van der Waals surface area contributed by atoms with Gasteiger partial charge in [-0.1, -0.05) is 6.07 Å². The molecule has 0 aliphatic carbocycles. The first kappa shape index (κ1) is 13.7. The molecule has 0 unspecified atom stereocenters. The Morgan fingerprint density at radius 1 is 1.17 bits per heavy atom. The maximum absolute atomic E-state index is 11.5. The number of hydrogen-bond acceptors (Lipinski definition) is 5. The molecule has 1 fully saturated rings. The molecule has 0 atom stereocenters. The third-order valence-electron chi connectivity index (χ3n) is 4.32. The second kappa shape index (κ2) is 5.38. The number of hydrogen-bond donors (Lipinski definition) is 0. The van der Waals surface area contributed by atoms with E-state index >= 15 is 0 Å². The predicted octanol–water partition coefficient (Wildman–Crippen LogP) is 2.28. The molecule has 8 nitrogen and oxygen atoms in total. The van der Waals surface area contributed by atoms with Crippen LogP contribution in [0.2, 0.25) is 0 Å². The van der Waals surface area contributed by atoms with Gasteiger partial charge >= 0.3 is 5.82 Å². The van der Waals surface area contributed by atoms with Crippen LogP contribution in [0.3, 0.4) is 0 Å². The van der Waals surface area contributed by atoms with Crippen molar-refractivity contribution in [3.63, 3.8) is 0 Å². The van der Waals surface area contributed by atoms with E-state index in [4.69, 9.17) is 0 Å². The van der Waals surface area contributed by atoms with Crippen molar-refractivity contribution < 1.29 is 4.92 Å². The van der Waals surface area contributed by atoms with Crippen molar-refractivity contribution in [2.75, 3.05) is 18.0 Å². The Hall–Kier alpha value is -2.90. The number of pyridine rings is 1. The summed E-state index contributed by atoms with van der Waals surface area (Å²) in [6.07, 6.45) is 7.22. The SMILES string of the molecule is O=[N+]([O-])c1c(N2CCC(n3cccn3)CC2)nc2ccccn12. The molecule has 0 saturated carbocycles. The van der Waals surface area contributed by atoms with E-state index in [1.807, 2.05) is 27.9 Å². The van der Waals surface area contributed by atoms with Crippen LogP contribution in [0.1, 0.15) is 18.9 Å². The van der Waals surface area contributed by atoms with E-state index in [1.54, 1.807) is 24.5 Å². The smallest absolute Gasteiger partial charge is 0.358 e. The molecular formula is C15H16N6O2. The summed E-state index contributed by atoms with van der Waals surface area (Å²) in [5.41, 5.74) is 0.600. The third kappa shape index (κ3) is 2.32. The molecule has 8 heteroatoms. The molecule has 1 saturated heterocycles. The standard InChI is InChI=1S/C15H16N6O2/c22-21(23)15-14(17-13-4-1-2-8-19(13)15)18-10-5-12(6-11-18)20-9-3-7-16-20/h1-4,7-9,12H,5-6,10-11H2. The molecule has 1 aliphatic heterocycles. The van der Waals surface area contributed by atoms with Crippen LogP contribution in [0.25, 0.3) is 5.65 Å². The Morgan fingerprint density at radius 3 is 2.70 bits per heavy atom. The lowest BCUT2D eigenvalue weighted by Crippen LogP contribution is -2.35. The van der Waals surface area contributed by atoms with Crippen molar-refractivity contribution >= 4 is 17.3 Å². The molecule has 23 heavy (non-hydrogen) atoms. The third-order valence-corrected chi connectivity index (χ3v) is 4.32. The summed E-state index contributed by atoms with van der Waals surface area (Å²) < 4.78 is 3.50. The fraction of sp³-hybridized carbons (Fsp3) is 0.333. The van der Waals surface area contributed by atoms with Gasteiger partial charge in [0.1, 0.15) is 0 Å². The first-order valence-electron chi connectivity index (χ1n) is 7.59. The Kier molecular flexibility index (Phi) is 3.22. The summed E-state index contributed by atoms with van der Waals surface area (Å²) in [5.74, 6) is 0.498. The van der Waals surface area contributed by atoms with Crippen LogP contribution >= 0.6 is 0 Å². The van der Waals surface area contributed by atoms with Crippen LogP contribution in [-0.4, -0.2) is 37.2 Å². The van der Waals surface area contributed by atoms with E-state index in [0.29, 0.717) is 17.5 Å². The first-order valence-corrected chi connectivity index (χ1v) is 7.59. The van der Waals surface area contributed by atoms with Gasteiger partial charge in [0.05, 0.1) is 12.2 Å². The Bertz CT molecular complexity index is 833. The number of imidazole rings is 1. The van der Waals surface area contributed by atoms with Crippen molar-refractivity contribution in [3.8, 4) is 0 Å². The molecule has 0 amide bonds. The molecule has 0 spiro atoms. The number of rotatable bonds is 3. The van der Waals surface area contributed by atoms with Crippen LogP contribution in [0.15, 0.2) is 42.9 Å². The van der Waals surface area contributed by atoms with Crippen molar-refractivity contribution in [2.24, 2.45) is 0 Å². The lowest BCUT2D eigenvalue weighted by molar-refractivity contribution is -0.389. The number of anilines is 1. The van der Waals surface area contributed by atoms with E-state index in [9.17, 15) is 10.1 Å². The molecular weight excluding hydrogens is 296 g/mol. The molecule has 0 N–H and O–H groups in total.